The SMILES string of the molecule is NS(=O)(=O)c1ccc(CNC(=O)Cc2cccc(Br)c2)s1. The molecule has 1 amide bonds. The minimum absolute atomic E-state index is 0.0961. The summed E-state index contributed by atoms with van der Waals surface area (Å²) >= 11 is 4.41. The monoisotopic (exact) mass is 388 g/mol. The Balaban J connectivity index is 1.91. The topological polar surface area (TPSA) is 89.3 Å². The number of sulfonamides is 1. The van der Waals surface area contributed by atoms with Crippen LogP contribution in [0.1, 0.15) is 10.4 Å². The summed E-state index contributed by atoms with van der Waals surface area (Å²) in [4.78, 5) is 12.6. The second-order valence-electron chi connectivity index (χ2n) is 4.35. The molecule has 0 fully saturated rings. The Morgan fingerprint density at radius 2 is 2.05 bits per heavy atom. The maximum atomic E-state index is 11.8. The molecule has 0 saturated carbocycles. The maximum Gasteiger partial charge on any atom is 0.247 e. The molecule has 1 aromatic carbocycles. The van der Waals surface area contributed by atoms with E-state index in [0.29, 0.717) is 0 Å². The first-order chi connectivity index (χ1) is 9.84. The molecule has 2 rings (SSSR count). The maximum absolute atomic E-state index is 11.8. The average Bonchev–Trinajstić information content (AvgIpc) is 2.85. The molecule has 1 aromatic heterocycles. The standard InChI is InChI=1S/C13H13BrN2O3S2/c14-10-3-1-2-9(6-10)7-12(17)16-8-11-4-5-13(20-11)21(15,18)19/h1-6H,7-8H2,(H,16,17)(H2,15,18,19). The third kappa shape index (κ3) is 4.92. The van der Waals surface area contributed by atoms with E-state index in [-0.39, 0.29) is 23.1 Å². The summed E-state index contributed by atoms with van der Waals surface area (Å²) < 4.78 is 23.3. The number of hydrogen-bond acceptors (Lipinski definition) is 4. The lowest BCUT2D eigenvalue weighted by Gasteiger charge is -2.04. The van der Waals surface area contributed by atoms with Crippen LogP contribution in [0.5, 0.6) is 0 Å². The van der Waals surface area contributed by atoms with Crippen LogP contribution >= 0.6 is 27.3 Å². The molecule has 8 heteroatoms. The number of halogens is 1. The van der Waals surface area contributed by atoms with Gasteiger partial charge >= 0.3 is 0 Å². The predicted octanol–water partition coefficient (Wildman–Crippen LogP) is 2.02. The number of carbonyl (C=O) groups is 1. The van der Waals surface area contributed by atoms with Crippen molar-refractivity contribution >= 4 is 43.2 Å². The van der Waals surface area contributed by atoms with E-state index in [1.54, 1.807) is 6.07 Å². The third-order valence-electron chi connectivity index (χ3n) is 2.63. The summed E-state index contributed by atoms with van der Waals surface area (Å²) in [6, 6.07) is 10.6. The van der Waals surface area contributed by atoms with Crippen LogP contribution in [0.2, 0.25) is 0 Å². The van der Waals surface area contributed by atoms with Gasteiger partial charge in [-0.1, -0.05) is 28.1 Å². The van der Waals surface area contributed by atoms with Gasteiger partial charge in [-0.25, -0.2) is 13.6 Å². The van der Waals surface area contributed by atoms with Gasteiger partial charge in [-0.15, -0.1) is 11.3 Å². The van der Waals surface area contributed by atoms with E-state index in [0.717, 1.165) is 26.3 Å². The second kappa shape index (κ2) is 6.69. The van der Waals surface area contributed by atoms with Crippen LogP contribution < -0.4 is 10.5 Å². The molecule has 0 aliphatic carbocycles. The minimum Gasteiger partial charge on any atom is -0.351 e. The van der Waals surface area contributed by atoms with E-state index in [1.807, 2.05) is 24.3 Å². The minimum atomic E-state index is -3.67. The van der Waals surface area contributed by atoms with Crippen LogP contribution in [0.25, 0.3) is 0 Å². The summed E-state index contributed by atoms with van der Waals surface area (Å²) in [6.07, 6.45) is 0.271. The molecular weight excluding hydrogens is 376 g/mol. The number of benzene rings is 1. The van der Waals surface area contributed by atoms with Crippen molar-refractivity contribution in [3.05, 3.63) is 51.3 Å². The Hall–Kier alpha value is -1.22. The average molecular weight is 389 g/mol. The molecule has 5 nitrogen and oxygen atoms in total. The molecule has 0 aliphatic heterocycles. The number of hydrogen-bond donors (Lipinski definition) is 2. The van der Waals surface area contributed by atoms with Gasteiger partial charge in [-0.05, 0) is 29.8 Å². The number of carbonyl (C=O) groups excluding carboxylic acids is 1. The number of amides is 1. The van der Waals surface area contributed by atoms with Crippen LogP contribution in [0.4, 0.5) is 0 Å². The summed E-state index contributed by atoms with van der Waals surface area (Å²) in [5, 5.41) is 7.79. The van der Waals surface area contributed by atoms with E-state index < -0.39 is 10.0 Å². The lowest BCUT2D eigenvalue weighted by Crippen LogP contribution is -2.24. The highest BCUT2D eigenvalue weighted by molar-refractivity contribution is 9.10. The van der Waals surface area contributed by atoms with Gasteiger partial charge in [0.05, 0.1) is 13.0 Å². The fraction of sp³-hybridized carbons (Fsp3) is 0.154. The van der Waals surface area contributed by atoms with Gasteiger partial charge in [0.15, 0.2) is 0 Å². The first kappa shape index (κ1) is 16.2. The van der Waals surface area contributed by atoms with Crippen molar-refractivity contribution in [1.82, 2.24) is 5.32 Å². The Kier molecular flexibility index (Phi) is 5.15. The molecule has 112 valence electrons. The Morgan fingerprint density at radius 3 is 2.67 bits per heavy atom. The summed E-state index contributed by atoms with van der Waals surface area (Å²) in [5.74, 6) is -0.126. The van der Waals surface area contributed by atoms with Gasteiger partial charge in [-0.2, -0.15) is 0 Å². The van der Waals surface area contributed by atoms with Crippen molar-refractivity contribution in [2.45, 2.75) is 17.2 Å². The lowest BCUT2D eigenvalue weighted by atomic mass is 10.1. The summed E-state index contributed by atoms with van der Waals surface area (Å²) in [6.45, 7) is 0.285. The van der Waals surface area contributed by atoms with E-state index in [2.05, 4.69) is 21.2 Å². The van der Waals surface area contributed by atoms with Crippen LogP contribution in [0.3, 0.4) is 0 Å². The second-order valence-corrected chi connectivity index (χ2v) is 8.22. The molecule has 0 spiro atoms. The smallest absolute Gasteiger partial charge is 0.247 e. The van der Waals surface area contributed by atoms with E-state index in [1.165, 1.54) is 6.07 Å². The van der Waals surface area contributed by atoms with Crippen molar-refractivity contribution in [2.75, 3.05) is 0 Å². The first-order valence-electron chi connectivity index (χ1n) is 5.97. The number of rotatable bonds is 5. The van der Waals surface area contributed by atoms with Crippen LogP contribution in [0, 0.1) is 0 Å². The van der Waals surface area contributed by atoms with Crippen LogP contribution in [-0.2, 0) is 27.8 Å². The largest absolute Gasteiger partial charge is 0.351 e. The Morgan fingerprint density at radius 1 is 1.29 bits per heavy atom. The molecule has 0 saturated heterocycles. The van der Waals surface area contributed by atoms with E-state index in [4.69, 9.17) is 5.14 Å². The molecule has 0 unspecified atom stereocenters. The molecular formula is C13H13BrN2O3S2. The zero-order valence-electron chi connectivity index (χ0n) is 10.9. The predicted molar refractivity (Wildman–Crippen MR) is 85.4 cm³/mol. The van der Waals surface area contributed by atoms with Crippen LogP contribution in [0.15, 0.2) is 45.1 Å². The first-order valence-corrected chi connectivity index (χ1v) is 9.13. The lowest BCUT2D eigenvalue weighted by molar-refractivity contribution is -0.120. The summed E-state index contributed by atoms with van der Waals surface area (Å²) in [5.41, 5.74) is 0.901. The van der Waals surface area contributed by atoms with Crippen molar-refractivity contribution in [3.8, 4) is 0 Å². The fourth-order valence-electron chi connectivity index (χ4n) is 1.69. The number of nitrogens with one attached hydrogen (secondary N) is 1. The Labute approximate surface area is 135 Å². The van der Waals surface area contributed by atoms with Crippen molar-refractivity contribution in [2.24, 2.45) is 5.14 Å². The fourth-order valence-corrected chi connectivity index (χ4v) is 3.85. The summed E-state index contributed by atoms with van der Waals surface area (Å²) in [7, 11) is -3.67. The van der Waals surface area contributed by atoms with E-state index >= 15 is 0 Å². The highest BCUT2D eigenvalue weighted by Gasteiger charge is 2.11. The number of nitrogens with two attached hydrogens (primary N) is 1. The Bertz CT molecular complexity index is 756. The third-order valence-corrected chi connectivity index (χ3v) is 5.65. The molecule has 0 atom stereocenters. The van der Waals surface area contributed by atoms with Crippen LogP contribution in [-0.4, -0.2) is 14.3 Å². The molecule has 3 N–H and O–H groups in total. The van der Waals surface area contributed by atoms with Gasteiger partial charge in [0.1, 0.15) is 4.21 Å². The van der Waals surface area contributed by atoms with Crippen molar-refractivity contribution in [1.29, 1.82) is 0 Å². The van der Waals surface area contributed by atoms with Gasteiger partial charge in [-0.3, -0.25) is 4.79 Å². The molecule has 0 radical (unpaired) electrons. The number of primary sulfonamides is 1. The molecule has 21 heavy (non-hydrogen) atoms. The molecule has 2 aromatic rings. The molecule has 1 heterocycles. The normalized spacial score (nSPS) is 11.3. The van der Waals surface area contributed by atoms with Crippen molar-refractivity contribution in [3.63, 3.8) is 0 Å². The van der Waals surface area contributed by atoms with Gasteiger partial charge in [0.2, 0.25) is 15.9 Å². The zero-order chi connectivity index (χ0) is 15.5. The highest BCUT2D eigenvalue weighted by Crippen LogP contribution is 2.20. The van der Waals surface area contributed by atoms with Gasteiger partial charge < -0.3 is 5.32 Å². The van der Waals surface area contributed by atoms with Crippen molar-refractivity contribution < 1.29 is 13.2 Å². The van der Waals surface area contributed by atoms with E-state index in [9.17, 15) is 13.2 Å². The van der Waals surface area contributed by atoms with Gasteiger partial charge in [0, 0.05) is 9.35 Å². The number of thiophene rings is 1. The zero-order valence-corrected chi connectivity index (χ0v) is 14.1. The molecule has 0 aliphatic rings. The molecule has 0 bridgehead atoms. The quantitative estimate of drug-likeness (QED) is 0.820. The van der Waals surface area contributed by atoms with Gasteiger partial charge in [0.25, 0.3) is 0 Å². The highest BCUT2D eigenvalue weighted by atomic mass is 79.9.